The van der Waals surface area contributed by atoms with Gasteiger partial charge in [0.25, 0.3) is 0 Å². The molecule has 102 valence electrons. The van der Waals surface area contributed by atoms with Crippen molar-refractivity contribution in [3.63, 3.8) is 0 Å². The molecule has 0 radical (unpaired) electrons. The molecule has 1 N–H and O–H groups in total. The van der Waals surface area contributed by atoms with E-state index in [0.717, 1.165) is 11.5 Å². The van der Waals surface area contributed by atoms with Crippen LogP contribution in [0.4, 0.5) is 0 Å². The predicted octanol–water partition coefficient (Wildman–Crippen LogP) is 3.19. The van der Waals surface area contributed by atoms with E-state index >= 15 is 0 Å². The summed E-state index contributed by atoms with van der Waals surface area (Å²) in [6.07, 6.45) is 0. The molecule has 18 heavy (non-hydrogen) atoms. The van der Waals surface area contributed by atoms with Crippen LogP contribution in [0.1, 0.15) is 39.2 Å². The van der Waals surface area contributed by atoms with Crippen molar-refractivity contribution >= 4 is 0 Å². The van der Waals surface area contributed by atoms with Crippen LogP contribution in [0.5, 0.6) is 11.5 Å². The normalized spacial score (nSPS) is 14.4. The van der Waals surface area contributed by atoms with Crippen LogP contribution in [0.25, 0.3) is 0 Å². The Morgan fingerprint density at radius 2 is 1.56 bits per heavy atom. The van der Waals surface area contributed by atoms with Gasteiger partial charge in [-0.25, -0.2) is 0 Å². The summed E-state index contributed by atoms with van der Waals surface area (Å²) < 4.78 is 10.6. The average Bonchev–Trinajstić information content (AvgIpc) is 2.36. The molecule has 3 heteroatoms. The number of rotatable bonds is 6. The standard InChI is InChI=1S/C15H25NO2/c1-10(2)16-12(4)11(3)13-7-8-14(17-5)15(9-13)18-6/h7-12,16H,1-6H3. The molecule has 2 atom stereocenters. The number of hydrogen-bond donors (Lipinski definition) is 1. The van der Waals surface area contributed by atoms with Crippen LogP contribution in [0.3, 0.4) is 0 Å². The van der Waals surface area contributed by atoms with E-state index in [1.54, 1.807) is 14.2 Å². The van der Waals surface area contributed by atoms with Crippen molar-refractivity contribution in [1.82, 2.24) is 5.32 Å². The van der Waals surface area contributed by atoms with Gasteiger partial charge < -0.3 is 14.8 Å². The van der Waals surface area contributed by atoms with Gasteiger partial charge in [-0.05, 0) is 30.5 Å². The highest BCUT2D eigenvalue weighted by Gasteiger charge is 2.16. The molecule has 1 rings (SSSR count). The van der Waals surface area contributed by atoms with E-state index in [4.69, 9.17) is 9.47 Å². The van der Waals surface area contributed by atoms with Gasteiger partial charge in [-0.15, -0.1) is 0 Å². The minimum atomic E-state index is 0.420. The van der Waals surface area contributed by atoms with Gasteiger partial charge in [0, 0.05) is 12.1 Å². The first kappa shape index (κ1) is 14.8. The molecule has 0 spiro atoms. The quantitative estimate of drug-likeness (QED) is 0.842. The van der Waals surface area contributed by atoms with Gasteiger partial charge in [0.15, 0.2) is 11.5 Å². The lowest BCUT2D eigenvalue weighted by molar-refractivity contribution is 0.353. The molecule has 1 aromatic rings. The number of hydrogen-bond acceptors (Lipinski definition) is 3. The molecule has 3 nitrogen and oxygen atoms in total. The summed E-state index contributed by atoms with van der Waals surface area (Å²) in [4.78, 5) is 0. The predicted molar refractivity (Wildman–Crippen MR) is 75.7 cm³/mol. The smallest absolute Gasteiger partial charge is 0.160 e. The fourth-order valence-electron chi connectivity index (χ4n) is 2.09. The first-order chi connectivity index (χ1) is 8.49. The van der Waals surface area contributed by atoms with Crippen LogP contribution in [-0.2, 0) is 0 Å². The molecule has 0 saturated heterocycles. The first-order valence-electron chi connectivity index (χ1n) is 6.47. The summed E-state index contributed by atoms with van der Waals surface area (Å²) >= 11 is 0. The van der Waals surface area contributed by atoms with Gasteiger partial charge in [0.1, 0.15) is 0 Å². The second-order valence-corrected chi connectivity index (χ2v) is 5.01. The molecule has 0 heterocycles. The fourth-order valence-corrected chi connectivity index (χ4v) is 2.09. The molecule has 0 aliphatic rings. The van der Waals surface area contributed by atoms with Crippen LogP contribution in [0, 0.1) is 0 Å². The lowest BCUT2D eigenvalue weighted by atomic mass is 9.93. The third kappa shape index (κ3) is 3.64. The molecule has 0 aliphatic heterocycles. The van der Waals surface area contributed by atoms with Gasteiger partial charge in [-0.2, -0.15) is 0 Å². The van der Waals surface area contributed by atoms with Crippen LogP contribution < -0.4 is 14.8 Å². The van der Waals surface area contributed by atoms with Crippen molar-refractivity contribution in [3.8, 4) is 11.5 Å². The monoisotopic (exact) mass is 251 g/mol. The summed E-state index contributed by atoms with van der Waals surface area (Å²) in [6, 6.07) is 7.03. The van der Waals surface area contributed by atoms with E-state index in [-0.39, 0.29) is 0 Å². The molecular formula is C15H25NO2. The highest BCUT2D eigenvalue weighted by molar-refractivity contribution is 5.44. The second kappa shape index (κ2) is 6.64. The molecule has 0 amide bonds. The zero-order valence-electron chi connectivity index (χ0n) is 12.3. The van der Waals surface area contributed by atoms with Crippen molar-refractivity contribution in [2.24, 2.45) is 0 Å². The van der Waals surface area contributed by atoms with Gasteiger partial charge in [-0.3, -0.25) is 0 Å². The maximum absolute atomic E-state index is 5.34. The first-order valence-corrected chi connectivity index (χ1v) is 6.47. The summed E-state index contributed by atoms with van der Waals surface area (Å²) in [6.45, 7) is 8.76. The van der Waals surface area contributed by atoms with E-state index < -0.39 is 0 Å². The van der Waals surface area contributed by atoms with Gasteiger partial charge in [-0.1, -0.05) is 26.8 Å². The maximum atomic E-state index is 5.34. The van der Waals surface area contributed by atoms with E-state index in [2.05, 4.69) is 45.1 Å². The summed E-state index contributed by atoms with van der Waals surface area (Å²) in [5, 5.41) is 3.53. The van der Waals surface area contributed by atoms with Crippen molar-refractivity contribution < 1.29 is 9.47 Å². The Morgan fingerprint density at radius 1 is 0.944 bits per heavy atom. The Labute approximate surface area is 110 Å². The van der Waals surface area contributed by atoms with Crippen LogP contribution in [0.2, 0.25) is 0 Å². The van der Waals surface area contributed by atoms with Crippen molar-refractivity contribution in [2.45, 2.75) is 45.7 Å². The van der Waals surface area contributed by atoms with Gasteiger partial charge in [0.2, 0.25) is 0 Å². The summed E-state index contributed by atoms with van der Waals surface area (Å²) in [7, 11) is 3.33. The van der Waals surface area contributed by atoms with Gasteiger partial charge in [0.05, 0.1) is 14.2 Å². The lowest BCUT2D eigenvalue weighted by Gasteiger charge is -2.24. The highest BCUT2D eigenvalue weighted by Crippen LogP contribution is 2.31. The SMILES string of the molecule is COc1ccc(C(C)C(C)NC(C)C)cc1OC. The molecule has 0 bridgehead atoms. The number of benzene rings is 1. The highest BCUT2D eigenvalue weighted by atomic mass is 16.5. The minimum absolute atomic E-state index is 0.420. The van der Waals surface area contributed by atoms with Crippen LogP contribution >= 0.6 is 0 Å². The molecule has 0 saturated carbocycles. The van der Waals surface area contributed by atoms with Crippen molar-refractivity contribution in [1.29, 1.82) is 0 Å². The Balaban J connectivity index is 2.89. The van der Waals surface area contributed by atoms with Crippen molar-refractivity contribution in [2.75, 3.05) is 14.2 Å². The number of nitrogens with one attached hydrogen (secondary N) is 1. The van der Waals surface area contributed by atoms with Gasteiger partial charge >= 0.3 is 0 Å². The topological polar surface area (TPSA) is 30.5 Å². The Bertz CT molecular complexity index is 377. The largest absolute Gasteiger partial charge is 0.493 e. The minimum Gasteiger partial charge on any atom is -0.493 e. The molecule has 0 fully saturated rings. The summed E-state index contributed by atoms with van der Waals surface area (Å²) in [5.41, 5.74) is 1.26. The van der Waals surface area contributed by atoms with E-state index in [1.165, 1.54) is 5.56 Å². The Morgan fingerprint density at radius 3 is 2.06 bits per heavy atom. The average molecular weight is 251 g/mol. The molecular weight excluding hydrogens is 226 g/mol. The van der Waals surface area contributed by atoms with E-state index in [1.807, 2.05) is 6.07 Å². The third-order valence-corrected chi connectivity index (χ3v) is 3.28. The van der Waals surface area contributed by atoms with Crippen molar-refractivity contribution in [3.05, 3.63) is 23.8 Å². The molecule has 0 aliphatic carbocycles. The van der Waals surface area contributed by atoms with Crippen LogP contribution in [-0.4, -0.2) is 26.3 Å². The third-order valence-electron chi connectivity index (χ3n) is 3.28. The summed E-state index contributed by atoms with van der Waals surface area (Å²) in [5.74, 6) is 1.99. The lowest BCUT2D eigenvalue weighted by Crippen LogP contribution is -2.36. The molecule has 0 aromatic heterocycles. The zero-order chi connectivity index (χ0) is 13.7. The molecule has 2 unspecified atom stereocenters. The number of ether oxygens (including phenoxy) is 2. The maximum Gasteiger partial charge on any atom is 0.160 e. The second-order valence-electron chi connectivity index (χ2n) is 5.01. The van der Waals surface area contributed by atoms with Crippen LogP contribution in [0.15, 0.2) is 18.2 Å². The zero-order valence-corrected chi connectivity index (χ0v) is 12.3. The van der Waals surface area contributed by atoms with E-state index in [9.17, 15) is 0 Å². The Hall–Kier alpha value is -1.22. The fraction of sp³-hybridized carbons (Fsp3) is 0.600. The number of methoxy groups -OCH3 is 2. The molecule has 1 aromatic carbocycles. The Kier molecular flexibility index (Phi) is 5.48. The van der Waals surface area contributed by atoms with E-state index in [0.29, 0.717) is 18.0 Å².